The lowest BCUT2D eigenvalue weighted by atomic mass is 10.1. The van der Waals surface area contributed by atoms with Gasteiger partial charge in [0.2, 0.25) is 0 Å². The van der Waals surface area contributed by atoms with Crippen LogP contribution in [0.3, 0.4) is 0 Å². The van der Waals surface area contributed by atoms with Gasteiger partial charge < -0.3 is 5.32 Å². The van der Waals surface area contributed by atoms with E-state index in [0.717, 1.165) is 10.7 Å². The largest absolute Gasteiger partial charge is 0.379 e. The van der Waals surface area contributed by atoms with Gasteiger partial charge in [0, 0.05) is 5.54 Å². The summed E-state index contributed by atoms with van der Waals surface area (Å²) in [5, 5.41) is 4.09. The molecule has 1 aromatic carbocycles. The summed E-state index contributed by atoms with van der Waals surface area (Å²) < 4.78 is 0. The van der Waals surface area contributed by atoms with Crippen molar-refractivity contribution in [2.24, 2.45) is 0 Å². The average Bonchev–Trinajstić information content (AvgIpc) is 1.91. The zero-order valence-electron chi connectivity index (χ0n) is 7.69. The number of nitrogens with one attached hydrogen (secondary N) is 1. The summed E-state index contributed by atoms with van der Waals surface area (Å²) >= 11 is 5.97. The van der Waals surface area contributed by atoms with Gasteiger partial charge in [-0.1, -0.05) is 23.7 Å². The van der Waals surface area contributed by atoms with Crippen molar-refractivity contribution in [1.29, 1.82) is 0 Å². The molecule has 1 rings (SSSR count). The van der Waals surface area contributed by atoms with Crippen molar-refractivity contribution in [3.63, 3.8) is 0 Å². The molecule has 0 saturated carbocycles. The van der Waals surface area contributed by atoms with Crippen LogP contribution >= 0.6 is 11.6 Å². The molecule has 1 aromatic rings. The van der Waals surface area contributed by atoms with E-state index in [0.29, 0.717) is 0 Å². The topological polar surface area (TPSA) is 12.0 Å². The predicted molar refractivity (Wildman–Crippen MR) is 54.8 cm³/mol. The molecule has 0 radical (unpaired) electrons. The monoisotopic (exact) mass is 183 g/mol. The fourth-order valence-corrected chi connectivity index (χ4v) is 1.15. The second kappa shape index (κ2) is 3.36. The van der Waals surface area contributed by atoms with Crippen LogP contribution in [0.4, 0.5) is 5.69 Å². The number of anilines is 1. The van der Waals surface area contributed by atoms with Crippen molar-refractivity contribution in [3.8, 4) is 0 Å². The maximum absolute atomic E-state index is 5.97. The van der Waals surface area contributed by atoms with Gasteiger partial charge in [0.25, 0.3) is 0 Å². The summed E-state index contributed by atoms with van der Waals surface area (Å²) in [6.07, 6.45) is 0. The second-order valence-corrected chi connectivity index (χ2v) is 4.26. The van der Waals surface area contributed by atoms with E-state index in [1.165, 1.54) is 0 Å². The summed E-state index contributed by atoms with van der Waals surface area (Å²) in [6, 6.07) is 7.76. The number of halogens is 1. The maximum Gasteiger partial charge on any atom is 0.0637 e. The van der Waals surface area contributed by atoms with Crippen molar-refractivity contribution in [3.05, 3.63) is 29.3 Å². The highest BCUT2D eigenvalue weighted by Gasteiger charge is 2.10. The Kier molecular flexibility index (Phi) is 2.63. The molecule has 0 heterocycles. The van der Waals surface area contributed by atoms with Gasteiger partial charge in [-0.2, -0.15) is 0 Å². The molecule has 0 atom stereocenters. The molecule has 0 aliphatic heterocycles. The van der Waals surface area contributed by atoms with E-state index in [1.54, 1.807) is 0 Å². The fraction of sp³-hybridized carbons (Fsp3) is 0.400. The Morgan fingerprint density at radius 2 is 1.75 bits per heavy atom. The van der Waals surface area contributed by atoms with E-state index in [9.17, 15) is 0 Å². The van der Waals surface area contributed by atoms with E-state index in [1.807, 2.05) is 24.3 Å². The molecule has 0 saturated heterocycles. The summed E-state index contributed by atoms with van der Waals surface area (Å²) in [6.45, 7) is 6.32. The lowest BCUT2D eigenvalue weighted by Gasteiger charge is -2.22. The Balaban J connectivity index is 2.83. The van der Waals surface area contributed by atoms with Crippen molar-refractivity contribution >= 4 is 17.3 Å². The van der Waals surface area contributed by atoms with Gasteiger partial charge in [-0.15, -0.1) is 0 Å². The molecule has 1 nitrogen and oxygen atoms in total. The molecule has 0 fully saturated rings. The Labute approximate surface area is 78.7 Å². The van der Waals surface area contributed by atoms with Gasteiger partial charge in [-0.3, -0.25) is 0 Å². The van der Waals surface area contributed by atoms with Gasteiger partial charge in [-0.05, 0) is 32.9 Å². The first-order chi connectivity index (χ1) is 5.49. The summed E-state index contributed by atoms with van der Waals surface area (Å²) in [4.78, 5) is 0. The van der Waals surface area contributed by atoms with Gasteiger partial charge in [0.1, 0.15) is 0 Å². The first-order valence-corrected chi connectivity index (χ1v) is 4.39. The lowest BCUT2D eigenvalue weighted by molar-refractivity contribution is 0.634. The Morgan fingerprint density at radius 1 is 1.17 bits per heavy atom. The van der Waals surface area contributed by atoms with Crippen molar-refractivity contribution in [1.82, 2.24) is 0 Å². The fourth-order valence-electron chi connectivity index (χ4n) is 0.967. The van der Waals surface area contributed by atoms with Crippen molar-refractivity contribution in [2.45, 2.75) is 26.3 Å². The summed E-state index contributed by atoms with van der Waals surface area (Å²) in [5.74, 6) is 0. The molecule has 0 amide bonds. The van der Waals surface area contributed by atoms with Crippen LogP contribution in [0.1, 0.15) is 20.8 Å². The van der Waals surface area contributed by atoms with Crippen molar-refractivity contribution < 1.29 is 0 Å². The number of rotatable bonds is 1. The molecule has 12 heavy (non-hydrogen) atoms. The molecular formula is C10H14ClN. The molecule has 0 spiro atoms. The highest BCUT2D eigenvalue weighted by molar-refractivity contribution is 6.33. The minimum absolute atomic E-state index is 0.0605. The maximum atomic E-state index is 5.97. The van der Waals surface area contributed by atoms with Gasteiger partial charge in [0.05, 0.1) is 10.7 Å². The number of benzene rings is 1. The molecular weight excluding hydrogens is 170 g/mol. The molecule has 2 heteroatoms. The molecule has 1 N–H and O–H groups in total. The number of para-hydroxylation sites is 1. The second-order valence-electron chi connectivity index (χ2n) is 3.85. The third-order valence-electron chi connectivity index (χ3n) is 1.38. The molecule has 0 bridgehead atoms. The first kappa shape index (κ1) is 9.40. The highest BCUT2D eigenvalue weighted by atomic mass is 35.5. The molecule has 0 aromatic heterocycles. The van der Waals surface area contributed by atoms with Gasteiger partial charge in [0.15, 0.2) is 0 Å². The summed E-state index contributed by atoms with van der Waals surface area (Å²) in [5.41, 5.74) is 1.05. The van der Waals surface area contributed by atoms with Gasteiger partial charge >= 0.3 is 0 Å². The highest BCUT2D eigenvalue weighted by Crippen LogP contribution is 2.23. The van der Waals surface area contributed by atoms with Gasteiger partial charge in [-0.25, -0.2) is 0 Å². The zero-order valence-corrected chi connectivity index (χ0v) is 8.44. The lowest BCUT2D eigenvalue weighted by Crippen LogP contribution is -2.26. The van der Waals surface area contributed by atoms with Crippen LogP contribution in [0.2, 0.25) is 5.02 Å². The average molecular weight is 184 g/mol. The van der Waals surface area contributed by atoms with E-state index in [4.69, 9.17) is 11.6 Å². The number of hydrogen-bond donors (Lipinski definition) is 1. The van der Waals surface area contributed by atoms with Crippen LogP contribution in [-0.4, -0.2) is 5.54 Å². The zero-order chi connectivity index (χ0) is 9.19. The van der Waals surface area contributed by atoms with Crippen LogP contribution in [0.15, 0.2) is 24.3 Å². The molecule has 66 valence electrons. The molecule has 0 aliphatic rings. The van der Waals surface area contributed by atoms with E-state index in [-0.39, 0.29) is 5.54 Å². The van der Waals surface area contributed by atoms with E-state index >= 15 is 0 Å². The quantitative estimate of drug-likeness (QED) is 0.702. The minimum atomic E-state index is 0.0605. The Hall–Kier alpha value is -0.690. The third kappa shape index (κ3) is 2.74. The Bertz CT molecular complexity index is 263. The Morgan fingerprint density at radius 3 is 2.25 bits per heavy atom. The normalized spacial score (nSPS) is 11.3. The molecule has 0 aliphatic carbocycles. The van der Waals surface area contributed by atoms with Crippen LogP contribution < -0.4 is 5.32 Å². The minimum Gasteiger partial charge on any atom is -0.379 e. The summed E-state index contributed by atoms with van der Waals surface area (Å²) in [7, 11) is 0. The smallest absolute Gasteiger partial charge is 0.0637 e. The number of hydrogen-bond acceptors (Lipinski definition) is 1. The first-order valence-electron chi connectivity index (χ1n) is 4.02. The van der Waals surface area contributed by atoms with Crippen LogP contribution in [-0.2, 0) is 0 Å². The van der Waals surface area contributed by atoms with E-state index in [2.05, 4.69) is 26.1 Å². The van der Waals surface area contributed by atoms with Crippen LogP contribution in [0.5, 0.6) is 0 Å². The molecule has 0 unspecified atom stereocenters. The standard InChI is InChI=1S/C10H14ClN/c1-10(2,3)12-9-7-5-4-6-8(9)11/h4-7,12H,1-3H3. The third-order valence-corrected chi connectivity index (χ3v) is 1.71. The van der Waals surface area contributed by atoms with Crippen molar-refractivity contribution in [2.75, 3.05) is 5.32 Å². The SMILES string of the molecule is CC(C)(C)Nc1ccccc1Cl. The predicted octanol–water partition coefficient (Wildman–Crippen LogP) is 3.55. The van der Waals surface area contributed by atoms with E-state index < -0.39 is 0 Å². The van der Waals surface area contributed by atoms with Crippen LogP contribution in [0.25, 0.3) is 0 Å². The van der Waals surface area contributed by atoms with Crippen LogP contribution in [0, 0.1) is 0 Å².